The molecule has 0 aromatic heterocycles. The van der Waals surface area contributed by atoms with Crippen molar-refractivity contribution in [2.75, 3.05) is 13.6 Å². The monoisotopic (exact) mass is 362 g/mol. The predicted octanol–water partition coefficient (Wildman–Crippen LogP) is 2.08. The molecule has 0 aliphatic rings. The van der Waals surface area contributed by atoms with Crippen LogP contribution in [0.25, 0.3) is 0 Å². The summed E-state index contributed by atoms with van der Waals surface area (Å²) in [7, 11) is 1.57. The Labute approximate surface area is 116 Å². The van der Waals surface area contributed by atoms with E-state index < -0.39 is 0 Å². The largest absolute Gasteiger partial charge is 0.359 e. The van der Waals surface area contributed by atoms with Gasteiger partial charge in [-0.05, 0) is 18.2 Å². The van der Waals surface area contributed by atoms with E-state index >= 15 is 0 Å². The molecule has 6 heteroatoms. The molecule has 0 bridgehead atoms. The van der Waals surface area contributed by atoms with Gasteiger partial charge in [-0.1, -0.05) is 31.9 Å². The highest BCUT2D eigenvalue weighted by Gasteiger charge is 2.07. The highest BCUT2D eigenvalue weighted by Crippen LogP contribution is 2.19. The molecule has 92 valence electrons. The van der Waals surface area contributed by atoms with Crippen molar-refractivity contribution < 1.29 is 9.59 Å². The van der Waals surface area contributed by atoms with Crippen LogP contribution in [0.4, 0.5) is 0 Å². The van der Waals surface area contributed by atoms with Crippen LogP contribution < -0.4 is 10.6 Å². The maximum absolute atomic E-state index is 11.7. The van der Waals surface area contributed by atoms with Crippen LogP contribution in [-0.4, -0.2) is 25.4 Å². The molecule has 0 spiro atoms. The summed E-state index contributed by atoms with van der Waals surface area (Å²) >= 11 is 6.62. The molecule has 0 unspecified atom stereocenters. The average Bonchev–Trinajstić information content (AvgIpc) is 2.27. The summed E-state index contributed by atoms with van der Waals surface area (Å²) in [6.45, 7) is 0.322. The quantitative estimate of drug-likeness (QED) is 0.860. The number of halogens is 2. The van der Waals surface area contributed by atoms with Crippen molar-refractivity contribution in [3.8, 4) is 0 Å². The van der Waals surface area contributed by atoms with Gasteiger partial charge in [-0.2, -0.15) is 0 Å². The van der Waals surface area contributed by atoms with Crippen LogP contribution in [0.2, 0.25) is 0 Å². The fourth-order valence-electron chi connectivity index (χ4n) is 1.20. The SMILES string of the molecule is CNC(=O)CCNC(=O)c1cc(Br)cc(Br)c1. The van der Waals surface area contributed by atoms with Crippen molar-refractivity contribution in [1.82, 2.24) is 10.6 Å². The van der Waals surface area contributed by atoms with Crippen LogP contribution in [-0.2, 0) is 4.79 Å². The Morgan fingerprint density at radius 2 is 1.76 bits per heavy atom. The minimum Gasteiger partial charge on any atom is -0.359 e. The summed E-state index contributed by atoms with van der Waals surface area (Å²) < 4.78 is 1.65. The first kappa shape index (κ1) is 14.2. The zero-order valence-electron chi connectivity index (χ0n) is 9.22. The molecule has 0 heterocycles. The minimum absolute atomic E-state index is 0.0966. The summed E-state index contributed by atoms with van der Waals surface area (Å²) in [5, 5.41) is 5.17. The molecule has 1 rings (SSSR count). The predicted molar refractivity (Wildman–Crippen MR) is 72.9 cm³/mol. The van der Waals surface area contributed by atoms with E-state index in [0.717, 1.165) is 8.95 Å². The molecule has 0 atom stereocenters. The molecular formula is C11H12Br2N2O2. The average molecular weight is 364 g/mol. The molecule has 2 N–H and O–H groups in total. The van der Waals surface area contributed by atoms with Gasteiger partial charge in [0, 0.05) is 34.5 Å². The third-order valence-electron chi connectivity index (χ3n) is 2.04. The van der Waals surface area contributed by atoms with Crippen LogP contribution >= 0.6 is 31.9 Å². The second-order valence-corrected chi connectivity index (χ2v) is 5.17. The lowest BCUT2D eigenvalue weighted by atomic mass is 10.2. The van der Waals surface area contributed by atoms with E-state index in [0.29, 0.717) is 12.1 Å². The molecule has 0 saturated carbocycles. The Bertz CT molecular complexity index is 415. The van der Waals surface area contributed by atoms with E-state index in [4.69, 9.17) is 0 Å². The van der Waals surface area contributed by atoms with Gasteiger partial charge in [-0.3, -0.25) is 9.59 Å². The second kappa shape index (κ2) is 6.76. The third-order valence-corrected chi connectivity index (χ3v) is 2.96. The Balaban J connectivity index is 2.55. The van der Waals surface area contributed by atoms with Gasteiger partial charge >= 0.3 is 0 Å². The Morgan fingerprint density at radius 3 is 2.29 bits per heavy atom. The molecule has 17 heavy (non-hydrogen) atoms. The Hall–Kier alpha value is -0.880. The van der Waals surface area contributed by atoms with Crippen molar-refractivity contribution in [3.05, 3.63) is 32.7 Å². The highest BCUT2D eigenvalue weighted by atomic mass is 79.9. The summed E-state index contributed by atoms with van der Waals surface area (Å²) in [6.07, 6.45) is 0.275. The Morgan fingerprint density at radius 1 is 1.18 bits per heavy atom. The van der Waals surface area contributed by atoms with Crippen molar-refractivity contribution >= 4 is 43.7 Å². The third kappa shape index (κ3) is 4.87. The summed E-state index contributed by atoms with van der Waals surface area (Å²) in [5.74, 6) is -0.295. The van der Waals surface area contributed by atoms with E-state index in [1.165, 1.54) is 0 Å². The number of amides is 2. The van der Waals surface area contributed by atoms with Gasteiger partial charge in [0.2, 0.25) is 5.91 Å². The number of nitrogens with one attached hydrogen (secondary N) is 2. The fourth-order valence-corrected chi connectivity index (χ4v) is 2.50. The standard InChI is InChI=1S/C11H12Br2N2O2/c1-14-10(16)2-3-15-11(17)7-4-8(12)6-9(13)5-7/h4-6H,2-3H2,1H3,(H,14,16)(H,15,17). The van der Waals surface area contributed by atoms with Gasteiger partial charge in [-0.15, -0.1) is 0 Å². The normalized spacial score (nSPS) is 9.82. The van der Waals surface area contributed by atoms with Crippen LogP contribution in [0.1, 0.15) is 16.8 Å². The first-order valence-corrected chi connectivity index (χ1v) is 6.56. The van der Waals surface area contributed by atoms with E-state index in [1.807, 2.05) is 6.07 Å². The molecule has 1 aromatic carbocycles. The molecule has 1 aromatic rings. The first-order valence-electron chi connectivity index (χ1n) is 4.98. The fraction of sp³-hybridized carbons (Fsp3) is 0.273. The van der Waals surface area contributed by atoms with E-state index in [1.54, 1.807) is 19.2 Å². The molecule has 0 saturated heterocycles. The zero-order valence-corrected chi connectivity index (χ0v) is 12.4. The minimum atomic E-state index is -0.198. The highest BCUT2D eigenvalue weighted by molar-refractivity contribution is 9.11. The molecule has 0 aliphatic carbocycles. The Kier molecular flexibility index (Phi) is 5.64. The van der Waals surface area contributed by atoms with Crippen LogP contribution in [0.15, 0.2) is 27.1 Å². The smallest absolute Gasteiger partial charge is 0.251 e. The molecule has 0 fully saturated rings. The summed E-state index contributed by atoms with van der Waals surface area (Å²) in [4.78, 5) is 22.7. The van der Waals surface area contributed by atoms with E-state index in [-0.39, 0.29) is 18.2 Å². The van der Waals surface area contributed by atoms with Gasteiger partial charge in [0.05, 0.1) is 0 Å². The summed E-state index contributed by atoms with van der Waals surface area (Å²) in [5.41, 5.74) is 0.545. The van der Waals surface area contributed by atoms with Crippen molar-refractivity contribution in [2.45, 2.75) is 6.42 Å². The van der Waals surface area contributed by atoms with Crippen molar-refractivity contribution in [2.24, 2.45) is 0 Å². The number of carbonyl (C=O) groups excluding carboxylic acids is 2. The van der Waals surface area contributed by atoms with Gasteiger partial charge < -0.3 is 10.6 Å². The molecule has 2 amide bonds. The lowest BCUT2D eigenvalue weighted by Crippen LogP contribution is -2.29. The van der Waals surface area contributed by atoms with E-state index in [9.17, 15) is 9.59 Å². The maximum Gasteiger partial charge on any atom is 0.251 e. The van der Waals surface area contributed by atoms with Crippen LogP contribution in [0.5, 0.6) is 0 Å². The molecule has 4 nitrogen and oxygen atoms in total. The molecular weight excluding hydrogens is 352 g/mol. The molecule has 0 aliphatic heterocycles. The summed E-state index contributed by atoms with van der Waals surface area (Å²) in [6, 6.07) is 5.29. The number of rotatable bonds is 4. The zero-order chi connectivity index (χ0) is 12.8. The van der Waals surface area contributed by atoms with Gasteiger partial charge in [0.15, 0.2) is 0 Å². The number of hydrogen-bond acceptors (Lipinski definition) is 2. The lowest BCUT2D eigenvalue weighted by molar-refractivity contribution is -0.120. The number of benzene rings is 1. The van der Waals surface area contributed by atoms with Crippen LogP contribution in [0, 0.1) is 0 Å². The number of carbonyl (C=O) groups is 2. The first-order chi connectivity index (χ1) is 8.02. The maximum atomic E-state index is 11.7. The van der Waals surface area contributed by atoms with E-state index in [2.05, 4.69) is 42.5 Å². The van der Waals surface area contributed by atoms with Crippen molar-refractivity contribution in [3.63, 3.8) is 0 Å². The topological polar surface area (TPSA) is 58.2 Å². The number of hydrogen-bond donors (Lipinski definition) is 2. The van der Waals surface area contributed by atoms with Gasteiger partial charge in [0.25, 0.3) is 5.91 Å². The van der Waals surface area contributed by atoms with Crippen molar-refractivity contribution in [1.29, 1.82) is 0 Å². The van der Waals surface area contributed by atoms with Gasteiger partial charge in [0.1, 0.15) is 0 Å². The van der Waals surface area contributed by atoms with Gasteiger partial charge in [-0.25, -0.2) is 0 Å². The molecule has 0 radical (unpaired) electrons. The lowest BCUT2D eigenvalue weighted by Gasteiger charge is -2.05. The van der Waals surface area contributed by atoms with Crippen LogP contribution in [0.3, 0.4) is 0 Å². The second-order valence-electron chi connectivity index (χ2n) is 3.34.